The van der Waals surface area contributed by atoms with Gasteiger partial charge in [0.15, 0.2) is 0 Å². The van der Waals surface area contributed by atoms with Crippen molar-refractivity contribution in [1.82, 2.24) is 0 Å². The normalized spacial score (nSPS) is 14.9. The molecular formula is C7H8F6OS. The van der Waals surface area contributed by atoms with Crippen molar-refractivity contribution >= 4 is 12.6 Å². The van der Waals surface area contributed by atoms with E-state index in [0.717, 1.165) is 6.08 Å². The van der Waals surface area contributed by atoms with Crippen LogP contribution in [0.15, 0.2) is 12.2 Å². The van der Waals surface area contributed by atoms with Gasteiger partial charge in [-0.1, -0.05) is 12.2 Å². The highest BCUT2D eigenvalue weighted by molar-refractivity contribution is 7.80. The van der Waals surface area contributed by atoms with Crippen molar-refractivity contribution in [1.29, 1.82) is 0 Å². The second-order valence-electron chi connectivity index (χ2n) is 2.71. The van der Waals surface area contributed by atoms with Crippen molar-refractivity contribution < 1.29 is 31.4 Å². The largest absolute Gasteiger partial charge is 0.426 e. The summed E-state index contributed by atoms with van der Waals surface area (Å²) < 4.78 is 72.0. The van der Waals surface area contributed by atoms with E-state index in [4.69, 9.17) is 5.11 Å². The van der Waals surface area contributed by atoms with E-state index in [0.29, 0.717) is 6.08 Å². The predicted octanol–water partition coefficient (Wildman–Crippen LogP) is 2.72. The molecule has 1 N–H and O–H groups in total. The smallest absolute Gasteiger partial charge is 0.373 e. The summed E-state index contributed by atoms with van der Waals surface area (Å²) in [6, 6.07) is 0. The molecule has 0 unspecified atom stereocenters. The standard InChI is InChI=1S/C7H8F6OS/c8-6(9,10)5(14,7(11,12)13)3-1-2-4-15/h1-2,14-15H,3-4H2. The summed E-state index contributed by atoms with van der Waals surface area (Å²) in [5.74, 6) is -0.00814. The number of rotatable bonds is 3. The van der Waals surface area contributed by atoms with Crippen LogP contribution in [0, 0.1) is 0 Å². The van der Waals surface area contributed by atoms with E-state index in [2.05, 4.69) is 12.6 Å². The molecule has 0 rings (SSSR count). The first-order valence-electron chi connectivity index (χ1n) is 3.68. The van der Waals surface area contributed by atoms with Crippen molar-refractivity contribution in [2.45, 2.75) is 24.4 Å². The summed E-state index contributed by atoms with van der Waals surface area (Å²) in [7, 11) is 0. The van der Waals surface area contributed by atoms with Crippen molar-refractivity contribution in [3.8, 4) is 0 Å². The molecule has 0 fully saturated rings. The quantitative estimate of drug-likeness (QED) is 0.451. The van der Waals surface area contributed by atoms with Crippen LogP contribution >= 0.6 is 12.6 Å². The van der Waals surface area contributed by atoms with Crippen LogP contribution < -0.4 is 0 Å². The highest BCUT2D eigenvalue weighted by atomic mass is 32.1. The van der Waals surface area contributed by atoms with Crippen LogP contribution in [0.4, 0.5) is 26.3 Å². The molecule has 0 saturated heterocycles. The Morgan fingerprint density at radius 3 is 1.60 bits per heavy atom. The van der Waals surface area contributed by atoms with Crippen LogP contribution in [0.1, 0.15) is 6.42 Å². The van der Waals surface area contributed by atoms with Gasteiger partial charge >= 0.3 is 12.4 Å². The molecule has 0 aromatic rings. The molecule has 0 spiro atoms. The topological polar surface area (TPSA) is 20.2 Å². The Balaban J connectivity index is 4.98. The Bertz CT molecular complexity index is 217. The summed E-state index contributed by atoms with van der Waals surface area (Å²) in [6.45, 7) is 0. The lowest BCUT2D eigenvalue weighted by Crippen LogP contribution is -2.56. The molecule has 0 bridgehead atoms. The van der Waals surface area contributed by atoms with E-state index < -0.39 is 24.4 Å². The third-order valence-corrected chi connectivity index (χ3v) is 1.83. The summed E-state index contributed by atoms with van der Waals surface area (Å²) in [5.41, 5.74) is -4.69. The molecule has 8 heteroatoms. The van der Waals surface area contributed by atoms with Gasteiger partial charge in [0, 0.05) is 12.2 Å². The monoisotopic (exact) mass is 254 g/mol. The molecule has 0 aliphatic rings. The first-order chi connectivity index (χ1) is 6.56. The number of thiol groups is 1. The first-order valence-corrected chi connectivity index (χ1v) is 4.31. The van der Waals surface area contributed by atoms with Gasteiger partial charge in [0.25, 0.3) is 5.60 Å². The van der Waals surface area contributed by atoms with Gasteiger partial charge < -0.3 is 5.11 Å². The molecule has 0 atom stereocenters. The van der Waals surface area contributed by atoms with Gasteiger partial charge in [0.05, 0.1) is 0 Å². The lowest BCUT2D eigenvalue weighted by atomic mass is 9.98. The van der Waals surface area contributed by atoms with Crippen molar-refractivity contribution in [2.75, 3.05) is 5.75 Å². The molecule has 0 saturated carbocycles. The molecule has 0 aromatic heterocycles. The lowest BCUT2D eigenvalue weighted by molar-refractivity contribution is -0.366. The fourth-order valence-corrected chi connectivity index (χ4v) is 0.870. The maximum Gasteiger partial charge on any atom is 0.426 e. The number of halogens is 6. The van der Waals surface area contributed by atoms with E-state index in [1.165, 1.54) is 0 Å². The van der Waals surface area contributed by atoms with Gasteiger partial charge in [-0.25, -0.2) is 0 Å². The third kappa shape index (κ3) is 3.30. The molecule has 0 heterocycles. The van der Waals surface area contributed by atoms with E-state index in [1.807, 2.05) is 0 Å². The van der Waals surface area contributed by atoms with E-state index in [9.17, 15) is 26.3 Å². The minimum absolute atomic E-state index is 0.00814. The van der Waals surface area contributed by atoms with Crippen LogP contribution in [0.2, 0.25) is 0 Å². The lowest BCUT2D eigenvalue weighted by Gasteiger charge is -2.31. The van der Waals surface area contributed by atoms with Crippen LogP contribution in [0.25, 0.3) is 0 Å². The second kappa shape index (κ2) is 4.65. The molecule has 0 aliphatic carbocycles. The fourth-order valence-electron chi connectivity index (χ4n) is 0.721. The van der Waals surface area contributed by atoms with Crippen molar-refractivity contribution in [2.24, 2.45) is 0 Å². The van der Waals surface area contributed by atoms with Gasteiger partial charge in [-0.05, 0) is 0 Å². The van der Waals surface area contributed by atoms with Crippen LogP contribution in [-0.2, 0) is 0 Å². The molecule has 1 nitrogen and oxygen atoms in total. The molecule has 0 amide bonds. The van der Waals surface area contributed by atoms with Gasteiger partial charge in [0.1, 0.15) is 0 Å². The Kier molecular flexibility index (Phi) is 4.53. The highest BCUT2D eigenvalue weighted by Crippen LogP contribution is 2.45. The molecule has 0 aliphatic heterocycles. The average Bonchev–Trinajstić information content (AvgIpc) is 2.00. The maximum atomic E-state index is 12.0. The van der Waals surface area contributed by atoms with Crippen LogP contribution in [0.3, 0.4) is 0 Å². The zero-order valence-electron chi connectivity index (χ0n) is 7.23. The van der Waals surface area contributed by atoms with E-state index in [-0.39, 0.29) is 5.75 Å². The van der Waals surface area contributed by atoms with E-state index in [1.54, 1.807) is 0 Å². The maximum absolute atomic E-state index is 12.0. The van der Waals surface area contributed by atoms with E-state index >= 15 is 0 Å². The summed E-state index contributed by atoms with van der Waals surface area (Å²) >= 11 is 3.56. The van der Waals surface area contributed by atoms with Crippen LogP contribution in [0.5, 0.6) is 0 Å². The SMILES string of the molecule is OC(CC=CCS)(C(F)(F)F)C(F)(F)F. The number of hydrogen-bond donors (Lipinski definition) is 2. The van der Waals surface area contributed by atoms with Gasteiger partial charge in [0.2, 0.25) is 0 Å². The number of alkyl halides is 6. The molecule has 0 aromatic carbocycles. The molecule has 15 heavy (non-hydrogen) atoms. The Morgan fingerprint density at radius 2 is 1.33 bits per heavy atom. The minimum atomic E-state index is -5.76. The van der Waals surface area contributed by atoms with Crippen molar-refractivity contribution in [3.63, 3.8) is 0 Å². The molecule has 0 radical (unpaired) electrons. The second-order valence-corrected chi connectivity index (χ2v) is 3.08. The average molecular weight is 254 g/mol. The molecular weight excluding hydrogens is 246 g/mol. The zero-order valence-corrected chi connectivity index (χ0v) is 8.13. The minimum Gasteiger partial charge on any atom is -0.373 e. The third-order valence-electron chi connectivity index (χ3n) is 1.62. The van der Waals surface area contributed by atoms with Crippen LogP contribution in [-0.4, -0.2) is 28.8 Å². The highest BCUT2D eigenvalue weighted by Gasteiger charge is 2.69. The molecule has 90 valence electrons. The first kappa shape index (κ1) is 14.6. The Hall–Kier alpha value is -0.370. The number of aliphatic hydroxyl groups is 1. The predicted molar refractivity (Wildman–Crippen MR) is 44.7 cm³/mol. The Labute approximate surface area is 87.2 Å². The van der Waals surface area contributed by atoms with Gasteiger partial charge in [-0.15, -0.1) is 0 Å². The number of hydrogen-bond acceptors (Lipinski definition) is 2. The Morgan fingerprint density at radius 1 is 0.933 bits per heavy atom. The van der Waals surface area contributed by atoms with Gasteiger partial charge in [-0.2, -0.15) is 39.0 Å². The fraction of sp³-hybridized carbons (Fsp3) is 0.714. The zero-order chi connectivity index (χ0) is 12.3. The van der Waals surface area contributed by atoms with Crippen molar-refractivity contribution in [3.05, 3.63) is 12.2 Å². The van der Waals surface area contributed by atoms with Gasteiger partial charge in [-0.3, -0.25) is 0 Å². The summed E-state index contributed by atoms with van der Waals surface area (Å²) in [4.78, 5) is 0. The summed E-state index contributed by atoms with van der Waals surface area (Å²) in [5, 5.41) is 8.58. The summed E-state index contributed by atoms with van der Waals surface area (Å²) in [6.07, 6.45) is -11.5.